The topological polar surface area (TPSA) is 0 Å². The van der Waals surface area contributed by atoms with Gasteiger partial charge in [0.15, 0.2) is 0 Å². The molecule has 4 heteroatoms. The van der Waals surface area contributed by atoms with Crippen LogP contribution in [0.4, 0.5) is 4.39 Å². The Hall–Kier alpha value is 0.400. The summed E-state index contributed by atoms with van der Waals surface area (Å²) in [6.07, 6.45) is 3.14. The molecule has 0 nitrogen and oxygen atoms in total. The summed E-state index contributed by atoms with van der Waals surface area (Å²) in [4.78, 5) is 0.518. The van der Waals surface area contributed by atoms with Crippen LogP contribution in [-0.4, -0.2) is 4.83 Å². The normalized spacial score (nSPS) is 25.9. The molecule has 0 aliphatic heterocycles. The van der Waals surface area contributed by atoms with Gasteiger partial charge in [0.25, 0.3) is 0 Å². The first-order chi connectivity index (χ1) is 7.09. The highest BCUT2D eigenvalue weighted by Crippen LogP contribution is 2.41. The van der Waals surface area contributed by atoms with Gasteiger partial charge in [-0.3, -0.25) is 0 Å². The van der Waals surface area contributed by atoms with E-state index in [9.17, 15) is 4.39 Å². The van der Waals surface area contributed by atoms with Gasteiger partial charge in [0.05, 0.1) is 5.02 Å². The molecule has 2 unspecified atom stereocenters. The summed E-state index contributed by atoms with van der Waals surface area (Å²) in [5, 5.41) is 0.200. The summed E-state index contributed by atoms with van der Waals surface area (Å²) in [7, 11) is 0. The summed E-state index contributed by atoms with van der Waals surface area (Å²) in [5.41, 5.74) is 0.755. The molecule has 0 spiro atoms. The van der Waals surface area contributed by atoms with Crippen LogP contribution in [0.15, 0.2) is 16.6 Å². The smallest absolute Gasteiger partial charge is 0.146 e. The molecule has 0 amide bonds. The molecule has 2 rings (SSSR count). The molecule has 1 aromatic carbocycles. The molecule has 0 N–H and O–H groups in total. The lowest BCUT2D eigenvalue weighted by molar-refractivity contribution is 0.580. The molecule has 2 atom stereocenters. The summed E-state index contributed by atoms with van der Waals surface area (Å²) >= 11 is 12.7. The first-order valence-electron chi connectivity index (χ1n) is 4.87. The molecule has 15 heavy (non-hydrogen) atoms. The Balaban J connectivity index is 2.33. The van der Waals surface area contributed by atoms with Crippen molar-refractivity contribution in [3.8, 4) is 0 Å². The van der Waals surface area contributed by atoms with E-state index in [1.54, 1.807) is 0 Å². The van der Waals surface area contributed by atoms with Gasteiger partial charge in [-0.05, 0) is 52.7 Å². The SMILES string of the molecule is Fc1c(C2CCC(Br)C2)ccc(Br)c1Cl. The van der Waals surface area contributed by atoms with Crippen LogP contribution in [0.5, 0.6) is 0 Å². The summed E-state index contributed by atoms with van der Waals surface area (Å²) in [6, 6.07) is 3.66. The molecular weight excluding hydrogens is 346 g/mol. The van der Waals surface area contributed by atoms with Crippen molar-refractivity contribution in [1.29, 1.82) is 0 Å². The molecule has 1 aliphatic rings. The molecule has 0 bridgehead atoms. The fourth-order valence-corrected chi connectivity index (χ4v) is 3.26. The third-order valence-electron chi connectivity index (χ3n) is 2.87. The third-order valence-corrected chi connectivity index (χ3v) is 4.96. The van der Waals surface area contributed by atoms with E-state index in [1.807, 2.05) is 12.1 Å². The lowest BCUT2D eigenvalue weighted by atomic mass is 9.97. The molecule has 1 saturated carbocycles. The number of hydrogen-bond acceptors (Lipinski definition) is 0. The fourth-order valence-electron chi connectivity index (χ4n) is 2.07. The Morgan fingerprint density at radius 2 is 2.07 bits per heavy atom. The Kier molecular flexibility index (Phi) is 3.74. The maximum Gasteiger partial charge on any atom is 0.146 e. The number of benzene rings is 1. The van der Waals surface area contributed by atoms with E-state index < -0.39 is 0 Å². The predicted molar refractivity (Wildman–Crippen MR) is 68.4 cm³/mol. The van der Waals surface area contributed by atoms with E-state index in [0.717, 1.165) is 24.8 Å². The van der Waals surface area contributed by atoms with Crippen molar-refractivity contribution in [3.05, 3.63) is 33.0 Å². The number of hydrogen-bond donors (Lipinski definition) is 0. The van der Waals surface area contributed by atoms with Crippen molar-refractivity contribution in [2.45, 2.75) is 30.0 Å². The monoisotopic (exact) mass is 354 g/mol. The molecule has 82 valence electrons. The van der Waals surface area contributed by atoms with E-state index in [0.29, 0.717) is 15.2 Å². The zero-order chi connectivity index (χ0) is 11.0. The van der Waals surface area contributed by atoms with Gasteiger partial charge in [0.1, 0.15) is 5.82 Å². The lowest BCUT2D eigenvalue weighted by Gasteiger charge is -2.12. The summed E-state index contributed by atoms with van der Waals surface area (Å²) < 4.78 is 14.5. The van der Waals surface area contributed by atoms with E-state index in [1.165, 1.54) is 0 Å². The van der Waals surface area contributed by atoms with Crippen molar-refractivity contribution < 1.29 is 4.39 Å². The molecular formula is C11H10Br2ClF. The second-order valence-electron chi connectivity index (χ2n) is 3.87. The van der Waals surface area contributed by atoms with Crippen molar-refractivity contribution in [3.63, 3.8) is 0 Å². The lowest BCUT2D eigenvalue weighted by Crippen LogP contribution is -1.99. The van der Waals surface area contributed by atoms with Crippen molar-refractivity contribution in [2.75, 3.05) is 0 Å². The summed E-state index contributed by atoms with van der Waals surface area (Å²) in [5.74, 6) is 0.0395. The Morgan fingerprint density at radius 1 is 1.33 bits per heavy atom. The fraction of sp³-hybridized carbons (Fsp3) is 0.455. The van der Waals surface area contributed by atoms with Crippen LogP contribution in [0.1, 0.15) is 30.7 Å². The number of rotatable bonds is 1. The van der Waals surface area contributed by atoms with Gasteiger partial charge >= 0.3 is 0 Å². The third kappa shape index (κ3) is 2.40. The second kappa shape index (κ2) is 4.72. The average Bonchev–Trinajstić information content (AvgIpc) is 2.61. The molecule has 0 heterocycles. The van der Waals surface area contributed by atoms with Crippen molar-refractivity contribution >= 4 is 43.5 Å². The predicted octanol–water partition coefficient (Wildman–Crippen LogP) is 5.27. The van der Waals surface area contributed by atoms with Gasteiger partial charge in [-0.2, -0.15) is 0 Å². The van der Waals surface area contributed by atoms with Gasteiger partial charge in [-0.25, -0.2) is 4.39 Å². The first kappa shape index (κ1) is 11.9. The average molecular weight is 356 g/mol. The van der Waals surface area contributed by atoms with E-state index in [-0.39, 0.29) is 10.8 Å². The van der Waals surface area contributed by atoms with Crippen molar-refractivity contribution in [1.82, 2.24) is 0 Å². The van der Waals surface area contributed by atoms with Crippen LogP contribution >= 0.6 is 43.5 Å². The molecule has 1 aliphatic carbocycles. The van der Waals surface area contributed by atoms with E-state index in [4.69, 9.17) is 11.6 Å². The zero-order valence-corrected chi connectivity index (χ0v) is 11.9. The maximum atomic E-state index is 13.9. The first-order valence-corrected chi connectivity index (χ1v) is 6.95. The highest BCUT2D eigenvalue weighted by Gasteiger charge is 2.27. The largest absolute Gasteiger partial charge is 0.205 e. The van der Waals surface area contributed by atoms with Crippen LogP contribution in [0.3, 0.4) is 0 Å². The van der Waals surface area contributed by atoms with Crippen LogP contribution in [0, 0.1) is 5.82 Å². The van der Waals surface area contributed by atoms with Gasteiger partial charge < -0.3 is 0 Å². The standard InChI is InChI=1S/C11H10Br2ClF/c12-7-2-1-6(5-7)8-3-4-9(13)10(14)11(8)15/h3-4,6-7H,1-2,5H2. The minimum absolute atomic E-state index is 0.200. The molecule has 0 radical (unpaired) electrons. The van der Waals surface area contributed by atoms with Gasteiger partial charge in [-0.1, -0.05) is 33.6 Å². The second-order valence-corrected chi connectivity index (χ2v) is 6.40. The zero-order valence-electron chi connectivity index (χ0n) is 7.94. The molecule has 1 fully saturated rings. The molecule has 0 saturated heterocycles. The number of alkyl halides is 1. The Bertz CT molecular complexity index is 381. The van der Waals surface area contributed by atoms with Gasteiger partial charge in [0.2, 0.25) is 0 Å². The Morgan fingerprint density at radius 3 is 2.67 bits per heavy atom. The highest BCUT2D eigenvalue weighted by molar-refractivity contribution is 9.10. The van der Waals surface area contributed by atoms with Crippen LogP contribution in [-0.2, 0) is 0 Å². The molecule has 0 aromatic heterocycles. The van der Waals surface area contributed by atoms with Crippen molar-refractivity contribution in [2.24, 2.45) is 0 Å². The van der Waals surface area contributed by atoms with E-state index >= 15 is 0 Å². The highest BCUT2D eigenvalue weighted by atomic mass is 79.9. The summed E-state index contributed by atoms with van der Waals surface area (Å²) in [6.45, 7) is 0. The minimum atomic E-state index is -0.266. The van der Waals surface area contributed by atoms with Crippen LogP contribution in [0.2, 0.25) is 5.02 Å². The number of halogens is 4. The van der Waals surface area contributed by atoms with Crippen LogP contribution in [0.25, 0.3) is 0 Å². The van der Waals surface area contributed by atoms with Gasteiger partial charge in [0, 0.05) is 9.30 Å². The molecule has 1 aromatic rings. The Labute approximate surface area is 110 Å². The maximum absolute atomic E-state index is 13.9. The quantitative estimate of drug-likeness (QED) is 0.475. The van der Waals surface area contributed by atoms with E-state index in [2.05, 4.69) is 31.9 Å². The minimum Gasteiger partial charge on any atom is -0.205 e. The van der Waals surface area contributed by atoms with Crippen LogP contribution < -0.4 is 0 Å². The van der Waals surface area contributed by atoms with Gasteiger partial charge in [-0.15, -0.1) is 0 Å².